The van der Waals surface area contributed by atoms with Crippen LogP contribution in [0.1, 0.15) is 44.5 Å². The summed E-state index contributed by atoms with van der Waals surface area (Å²) in [6.07, 6.45) is 6.16. The van der Waals surface area contributed by atoms with Crippen molar-refractivity contribution in [2.75, 3.05) is 32.3 Å². The fraction of sp³-hybridized carbons (Fsp3) is 0.650. The van der Waals surface area contributed by atoms with Gasteiger partial charge in [0.1, 0.15) is 11.3 Å². The van der Waals surface area contributed by atoms with Crippen LogP contribution in [-0.2, 0) is 16.0 Å². The Morgan fingerprint density at radius 2 is 2.22 bits per heavy atom. The number of carbonyl (C=O) groups is 1. The number of hydrogen-bond donors (Lipinski definition) is 0. The average molecular weight is 391 g/mol. The van der Waals surface area contributed by atoms with Crippen LogP contribution in [-0.4, -0.2) is 63.7 Å². The summed E-state index contributed by atoms with van der Waals surface area (Å²) < 4.78 is 7.49. The van der Waals surface area contributed by atoms with E-state index >= 15 is 0 Å². The summed E-state index contributed by atoms with van der Waals surface area (Å²) >= 11 is 1.99. The third-order valence-electron chi connectivity index (χ3n) is 5.29. The van der Waals surface area contributed by atoms with E-state index in [2.05, 4.69) is 16.5 Å². The van der Waals surface area contributed by atoms with E-state index in [1.165, 1.54) is 0 Å². The molecule has 1 saturated heterocycles. The van der Waals surface area contributed by atoms with Crippen LogP contribution in [0.2, 0.25) is 0 Å². The van der Waals surface area contributed by atoms with Gasteiger partial charge >= 0.3 is 0 Å². The number of pyridine rings is 1. The van der Waals surface area contributed by atoms with Gasteiger partial charge in [-0.25, -0.2) is 9.97 Å². The molecule has 7 heteroatoms. The van der Waals surface area contributed by atoms with Crippen molar-refractivity contribution in [3.05, 3.63) is 24.2 Å². The second-order valence-electron chi connectivity index (χ2n) is 7.25. The minimum absolute atomic E-state index is 0.156. The quantitative estimate of drug-likeness (QED) is 0.692. The lowest BCUT2D eigenvalue weighted by atomic mass is 10.1. The van der Waals surface area contributed by atoms with Gasteiger partial charge in [-0.15, -0.1) is 0 Å². The van der Waals surface area contributed by atoms with Gasteiger partial charge in [0, 0.05) is 39.2 Å². The first-order valence-electron chi connectivity index (χ1n) is 9.76. The molecule has 0 aromatic carbocycles. The van der Waals surface area contributed by atoms with Gasteiger partial charge in [0.2, 0.25) is 5.91 Å². The van der Waals surface area contributed by atoms with Gasteiger partial charge in [-0.3, -0.25) is 4.79 Å². The highest BCUT2D eigenvalue weighted by Crippen LogP contribution is 2.23. The number of amides is 1. The van der Waals surface area contributed by atoms with E-state index in [0.29, 0.717) is 19.1 Å². The molecule has 0 radical (unpaired) electrons. The Balaban J connectivity index is 1.64. The summed E-state index contributed by atoms with van der Waals surface area (Å²) in [6.45, 7) is 2.72. The highest BCUT2D eigenvalue weighted by Gasteiger charge is 2.22. The van der Waals surface area contributed by atoms with Crippen LogP contribution in [0.3, 0.4) is 0 Å². The fourth-order valence-electron chi connectivity index (χ4n) is 3.78. The number of methoxy groups -OCH3 is 1. The average Bonchev–Trinajstić information content (AvgIpc) is 3.06. The van der Waals surface area contributed by atoms with E-state index in [9.17, 15) is 4.79 Å². The summed E-state index contributed by atoms with van der Waals surface area (Å²) in [5.41, 5.74) is 1.79. The molecule has 2 aromatic heterocycles. The summed E-state index contributed by atoms with van der Waals surface area (Å²) in [7, 11) is 3.67. The first-order valence-corrected chi connectivity index (χ1v) is 10.9. The largest absolute Gasteiger partial charge is 0.383 e. The smallest absolute Gasteiger partial charge is 0.222 e. The van der Waals surface area contributed by atoms with Crippen molar-refractivity contribution in [1.29, 1.82) is 0 Å². The first-order chi connectivity index (χ1) is 13.1. The van der Waals surface area contributed by atoms with Crippen LogP contribution in [0.25, 0.3) is 11.2 Å². The molecule has 1 amide bonds. The summed E-state index contributed by atoms with van der Waals surface area (Å²) in [4.78, 5) is 23.8. The van der Waals surface area contributed by atoms with E-state index in [1.54, 1.807) is 13.3 Å². The van der Waals surface area contributed by atoms with Gasteiger partial charge in [-0.05, 0) is 49.8 Å². The Bertz CT molecular complexity index is 758. The lowest BCUT2D eigenvalue weighted by Gasteiger charge is -2.31. The van der Waals surface area contributed by atoms with Crippen molar-refractivity contribution in [1.82, 2.24) is 19.4 Å². The normalized spacial score (nSPS) is 16.6. The summed E-state index contributed by atoms with van der Waals surface area (Å²) in [5, 5.41) is 0. The number of carbonyl (C=O) groups excluding carboxylic acids is 1. The predicted octanol–water partition coefficient (Wildman–Crippen LogP) is 3.32. The number of ether oxygens (including phenoxy) is 1. The van der Waals surface area contributed by atoms with Crippen LogP contribution >= 0.6 is 11.8 Å². The zero-order chi connectivity index (χ0) is 19.2. The van der Waals surface area contributed by atoms with Crippen molar-refractivity contribution in [2.45, 2.75) is 51.1 Å². The Kier molecular flexibility index (Phi) is 7.13. The maximum absolute atomic E-state index is 12.6. The molecule has 3 rings (SSSR count). The predicted molar refractivity (Wildman–Crippen MR) is 110 cm³/mol. The topological polar surface area (TPSA) is 60.2 Å². The summed E-state index contributed by atoms with van der Waals surface area (Å²) in [5.74, 6) is 3.56. The van der Waals surface area contributed by atoms with E-state index in [4.69, 9.17) is 9.72 Å². The number of aryl methyl sites for hydroxylation is 1. The SMILES string of the molecule is COC[C@@H](C)n1c(CCCC(=O)N(C)C2CCSCC2)nc2cccnc21. The van der Waals surface area contributed by atoms with Crippen LogP contribution < -0.4 is 0 Å². The maximum atomic E-state index is 12.6. The van der Waals surface area contributed by atoms with Crippen molar-refractivity contribution >= 4 is 28.8 Å². The minimum atomic E-state index is 0.156. The third-order valence-corrected chi connectivity index (χ3v) is 6.34. The van der Waals surface area contributed by atoms with Crippen molar-refractivity contribution in [3.8, 4) is 0 Å². The van der Waals surface area contributed by atoms with E-state index in [0.717, 1.165) is 54.2 Å². The fourth-order valence-corrected chi connectivity index (χ4v) is 4.86. The molecule has 2 aromatic rings. The third kappa shape index (κ3) is 4.82. The Morgan fingerprint density at radius 1 is 1.44 bits per heavy atom. The Hall–Kier alpha value is -1.60. The molecule has 27 heavy (non-hydrogen) atoms. The minimum Gasteiger partial charge on any atom is -0.383 e. The number of nitrogens with zero attached hydrogens (tertiary/aromatic N) is 4. The standard InChI is InChI=1S/C20H30N4O2S/c1-15(14-26-3)24-18(22-17-6-5-11-21-20(17)24)7-4-8-19(25)23(2)16-9-12-27-13-10-16/h5-6,11,15-16H,4,7-10,12-14H2,1-3H3/t15-/m1/s1. The molecule has 0 saturated carbocycles. The molecule has 1 aliphatic heterocycles. The lowest BCUT2D eigenvalue weighted by molar-refractivity contribution is -0.132. The Morgan fingerprint density at radius 3 is 2.96 bits per heavy atom. The monoisotopic (exact) mass is 390 g/mol. The lowest BCUT2D eigenvalue weighted by Crippen LogP contribution is -2.39. The molecule has 6 nitrogen and oxygen atoms in total. The molecule has 0 unspecified atom stereocenters. The molecule has 3 heterocycles. The van der Waals surface area contributed by atoms with Gasteiger partial charge in [-0.1, -0.05) is 0 Å². The van der Waals surface area contributed by atoms with Crippen LogP contribution in [0.5, 0.6) is 0 Å². The number of rotatable bonds is 8. The van der Waals surface area contributed by atoms with Crippen molar-refractivity contribution in [3.63, 3.8) is 0 Å². The van der Waals surface area contributed by atoms with Crippen LogP contribution in [0, 0.1) is 0 Å². The van der Waals surface area contributed by atoms with E-state index in [1.807, 2.05) is 35.8 Å². The molecule has 1 fully saturated rings. The van der Waals surface area contributed by atoms with Crippen molar-refractivity contribution < 1.29 is 9.53 Å². The second-order valence-corrected chi connectivity index (χ2v) is 8.48. The Labute approximate surface area is 165 Å². The number of aromatic nitrogens is 3. The highest BCUT2D eigenvalue weighted by molar-refractivity contribution is 7.99. The molecular weight excluding hydrogens is 360 g/mol. The number of fused-ring (bicyclic) bond motifs is 1. The van der Waals surface area contributed by atoms with E-state index in [-0.39, 0.29) is 11.9 Å². The maximum Gasteiger partial charge on any atom is 0.222 e. The molecule has 1 atom stereocenters. The first kappa shape index (κ1) is 20.1. The molecular formula is C20H30N4O2S. The zero-order valence-electron chi connectivity index (χ0n) is 16.6. The number of hydrogen-bond acceptors (Lipinski definition) is 5. The molecule has 0 N–H and O–H groups in total. The molecule has 148 valence electrons. The van der Waals surface area contributed by atoms with Crippen LogP contribution in [0.4, 0.5) is 0 Å². The van der Waals surface area contributed by atoms with Crippen molar-refractivity contribution in [2.24, 2.45) is 0 Å². The zero-order valence-corrected chi connectivity index (χ0v) is 17.4. The van der Waals surface area contributed by atoms with Gasteiger partial charge in [0.05, 0.1) is 12.6 Å². The summed E-state index contributed by atoms with van der Waals surface area (Å²) in [6, 6.07) is 4.46. The number of imidazole rings is 1. The van der Waals surface area contributed by atoms with E-state index < -0.39 is 0 Å². The van der Waals surface area contributed by atoms with Gasteiger partial charge in [-0.2, -0.15) is 11.8 Å². The van der Waals surface area contributed by atoms with Gasteiger partial charge < -0.3 is 14.2 Å². The van der Waals surface area contributed by atoms with Gasteiger partial charge in [0.15, 0.2) is 5.65 Å². The molecule has 1 aliphatic rings. The number of thioether (sulfide) groups is 1. The molecule has 0 bridgehead atoms. The molecule has 0 aliphatic carbocycles. The van der Waals surface area contributed by atoms with Gasteiger partial charge in [0.25, 0.3) is 0 Å². The van der Waals surface area contributed by atoms with Crippen LogP contribution in [0.15, 0.2) is 18.3 Å². The molecule has 0 spiro atoms. The highest BCUT2D eigenvalue weighted by atomic mass is 32.2. The second kappa shape index (κ2) is 9.55.